The molecule has 0 bridgehead atoms. The summed E-state index contributed by atoms with van der Waals surface area (Å²) < 4.78 is 63.2. The van der Waals surface area contributed by atoms with E-state index in [0.29, 0.717) is 11.1 Å². The van der Waals surface area contributed by atoms with Crippen molar-refractivity contribution in [2.75, 3.05) is 0 Å². The SMILES string of the molecule is Cc1cc(C)cc(C)c1.O=S(=O)(N[C@@H](c1ccccc1)[C@@H](NCl)c1ccccc1)C(F)(F)F.[Ru]. The predicted octanol–water partition coefficient (Wildman–Crippen LogP) is 6.26. The van der Waals surface area contributed by atoms with Crippen LogP contribution in [0.3, 0.4) is 0 Å². The standard InChI is InChI=1S/C15H14ClF3N2O2S.C9H12.Ru/c16-20-13(11-7-3-1-4-8-11)14(12-9-5-2-6-10-12)21-24(22,23)15(17,18)19;1-7-4-8(2)6-9(3)5-7;/h1-10,13-14,20-21H;4-6H,1-3H3;/t13-,14-;;/m0../s1. The predicted molar refractivity (Wildman–Crippen MR) is 126 cm³/mol. The topological polar surface area (TPSA) is 58.2 Å². The molecule has 0 heterocycles. The van der Waals surface area contributed by atoms with Crippen LogP contribution in [0, 0.1) is 20.8 Å². The van der Waals surface area contributed by atoms with Gasteiger partial charge in [0.15, 0.2) is 0 Å². The molecule has 0 unspecified atom stereocenters. The van der Waals surface area contributed by atoms with Crippen molar-refractivity contribution in [3.63, 3.8) is 0 Å². The molecule has 3 aromatic rings. The van der Waals surface area contributed by atoms with Gasteiger partial charge < -0.3 is 0 Å². The van der Waals surface area contributed by atoms with Crippen LogP contribution in [0.15, 0.2) is 78.9 Å². The number of halogens is 4. The van der Waals surface area contributed by atoms with E-state index in [2.05, 4.69) is 43.8 Å². The first kappa shape index (κ1) is 30.3. The molecule has 2 N–H and O–H groups in total. The summed E-state index contributed by atoms with van der Waals surface area (Å²) in [5.74, 6) is 0. The van der Waals surface area contributed by atoms with Crippen molar-refractivity contribution in [1.82, 2.24) is 9.56 Å². The van der Waals surface area contributed by atoms with Crippen LogP contribution in [0.2, 0.25) is 0 Å². The summed E-state index contributed by atoms with van der Waals surface area (Å²) in [4.78, 5) is 2.37. The van der Waals surface area contributed by atoms with E-state index in [-0.39, 0.29) is 19.5 Å². The Morgan fingerprint density at radius 2 is 1.09 bits per heavy atom. The maximum atomic E-state index is 12.8. The normalized spacial score (nSPS) is 13.1. The van der Waals surface area contributed by atoms with Gasteiger partial charge in [-0.2, -0.15) is 17.9 Å². The molecule has 0 aliphatic rings. The second kappa shape index (κ2) is 13.4. The molecule has 0 amide bonds. The molecule has 4 nitrogen and oxygen atoms in total. The molecule has 3 aromatic carbocycles. The molecule has 186 valence electrons. The second-order valence-electron chi connectivity index (χ2n) is 7.62. The summed E-state index contributed by atoms with van der Waals surface area (Å²) in [5.41, 5.74) is -0.487. The number of rotatable bonds is 6. The third-order valence-corrected chi connectivity index (χ3v) is 6.13. The van der Waals surface area contributed by atoms with Gasteiger partial charge in [-0.05, 0) is 43.7 Å². The van der Waals surface area contributed by atoms with Crippen LogP contribution in [0.5, 0.6) is 0 Å². The number of hydrogen-bond donors (Lipinski definition) is 2. The maximum Gasteiger partial charge on any atom is 0.511 e. The van der Waals surface area contributed by atoms with Gasteiger partial charge in [-0.25, -0.2) is 13.3 Å². The minimum absolute atomic E-state index is 0. The minimum Gasteiger partial charge on any atom is -0.224 e. The van der Waals surface area contributed by atoms with Crippen molar-refractivity contribution < 1.29 is 41.1 Å². The average molecular weight is 600 g/mol. The summed E-state index contributed by atoms with van der Waals surface area (Å²) in [6, 6.07) is 20.7. The fourth-order valence-corrected chi connectivity index (χ4v) is 4.40. The van der Waals surface area contributed by atoms with Crippen LogP contribution < -0.4 is 9.56 Å². The Balaban J connectivity index is 0.000000486. The van der Waals surface area contributed by atoms with Gasteiger partial charge in [0.2, 0.25) is 0 Å². The summed E-state index contributed by atoms with van der Waals surface area (Å²) >= 11 is 5.72. The second-order valence-corrected chi connectivity index (χ2v) is 9.54. The van der Waals surface area contributed by atoms with Gasteiger partial charge in [-0.1, -0.05) is 95.6 Å². The van der Waals surface area contributed by atoms with Gasteiger partial charge in [0.1, 0.15) is 0 Å². The Morgan fingerprint density at radius 1 is 0.735 bits per heavy atom. The molecule has 10 heteroatoms. The van der Waals surface area contributed by atoms with Crippen LogP contribution in [-0.2, 0) is 29.5 Å². The molecule has 0 aliphatic heterocycles. The Bertz CT molecular complexity index is 1080. The van der Waals surface area contributed by atoms with E-state index >= 15 is 0 Å². The van der Waals surface area contributed by atoms with E-state index in [1.165, 1.54) is 28.8 Å². The third-order valence-electron chi connectivity index (χ3n) is 4.72. The van der Waals surface area contributed by atoms with Gasteiger partial charge in [0.25, 0.3) is 0 Å². The number of aryl methyl sites for hydroxylation is 3. The first-order chi connectivity index (χ1) is 15.4. The molecule has 0 aliphatic carbocycles. The number of alkyl halides is 3. The zero-order valence-corrected chi connectivity index (χ0v) is 22.1. The van der Waals surface area contributed by atoms with Crippen molar-refractivity contribution >= 4 is 21.8 Å². The maximum absolute atomic E-state index is 12.8. The van der Waals surface area contributed by atoms with Gasteiger partial charge in [-0.3, -0.25) is 0 Å². The fraction of sp³-hybridized carbons (Fsp3) is 0.250. The number of nitrogens with one attached hydrogen (secondary N) is 2. The molecule has 0 fully saturated rings. The average Bonchev–Trinajstić information content (AvgIpc) is 2.73. The van der Waals surface area contributed by atoms with E-state index in [9.17, 15) is 21.6 Å². The van der Waals surface area contributed by atoms with Gasteiger partial charge in [0.05, 0.1) is 12.1 Å². The molecule has 3 rings (SSSR count). The van der Waals surface area contributed by atoms with Crippen LogP contribution in [0.1, 0.15) is 39.9 Å². The monoisotopic (exact) mass is 600 g/mol. The Labute approximate surface area is 216 Å². The van der Waals surface area contributed by atoms with Crippen LogP contribution in [0.4, 0.5) is 13.2 Å². The molecule has 34 heavy (non-hydrogen) atoms. The number of hydrogen-bond acceptors (Lipinski definition) is 3. The molecule has 0 radical (unpaired) electrons. The fourth-order valence-electron chi connectivity index (χ4n) is 3.40. The molecule has 0 saturated heterocycles. The molecular formula is C24H26ClF3N2O2RuS. The third kappa shape index (κ3) is 8.78. The first-order valence-electron chi connectivity index (χ1n) is 10.0. The largest absolute Gasteiger partial charge is 0.511 e. The summed E-state index contributed by atoms with van der Waals surface area (Å²) in [6.07, 6.45) is 0. The smallest absolute Gasteiger partial charge is 0.224 e. The minimum atomic E-state index is -5.56. The van der Waals surface area contributed by atoms with Gasteiger partial charge >= 0.3 is 15.5 Å². The Kier molecular flexibility index (Phi) is 11.9. The summed E-state index contributed by atoms with van der Waals surface area (Å²) in [7, 11) is -5.56. The number of benzene rings is 3. The first-order valence-corrected chi connectivity index (χ1v) is 11.9. The van der Waals surface area contributed by atoms with Gasteiger partial charge in [-0.15, -0.1) is 0 Å². The van der Waals surface area contributed by atoms with E-state index in [1.54, 1.807) is 53.3 Å². The van der Waals surface area contributed by atoms with E-state index in [0.717, 1.165) is 0 Å². The zero-order valence-electron chi connectivity index (χ0n) is 18.8. The molecule has 0 spiro atoms. The Morgan fingerprint density at radius 3 is 1.41 bits per heavy atom. The Hall–Kier alpha value is -1.77. The van der Waals surface area contributed by atoms with Crippen LogP contribution in [-0.4, -0.2) is 13.9 Å². The van der Waals surface area contributed by atoms with Crippen molar-refractivity contribution in [3.8, 4) is 0 Å². The van der Waals surface area contributed by atoms with Gasteiger partial charge in [0, 0.05) is 19.5 Å². The summed E-state index contributed by atoms with van der Waals surface area (Å²) in [5, 5.41) is 0. The molecular weight excluding hydrogens is 574 g/mol. The van der Waals surface area contributed by atoms with Crippen molar-refractivity contribution in [2.24, 2.45) is 0 Å². The van der Waals surface area contributed by atoms with E-state index < -0.39 is 27.6 Å². The molecule has 0 aromatic heterocycles. The molecule has 2 atom stereocenters. The van der Waals surface area contributed by atoms with Crippen molar-refractivity contribution in [1.29, 1.82) is 0 Å². The van der Waals surface area contributed by atoms with Crippen LogP contribution in [0.25, 0.3) is 0 Å². The zero-order chi connectivity index (χ0) is 24.6. The van der Waals surface area contributed by atoms with Crippen molar-refractivity contribution in [2.45, 2.75) is 38.4 Å². The number of sulfonamides is 1. The van der Waals surface area contributed by atoms with E-state index in [4.69, 9.17) is 11.8 Å². The van der Waals surface area contributed by atoms with E-state index in [1.807, 2.05) is 0 Å². The quantitative estimate of drug-likeness (QED) is 0.260. The van der Waals surface area contributed by atoms with Crippen LogP contribution >= 0.6 is 11.8 Å². The summed E-state index contributed by atoms with van der Waals surface area (Å²) in [6.45, 7) is 6.38. The van der Waals surface area contributed by atoms with Crippen molar-refractivity contribution in [3.05, 3.63) is 107 Å². The molecule has 0 saturated carbocycles.